The smallest absolute Gasteiger partial charge is 0.323 e. The molecule has 2 aromatic carbocycles. The lowest BCUT2D eigenvalue weighted by molar-refractivity contribution is -0.120. The van der Waals surface area contributed by atoms with Gasteiger partial charge in [-0.15, -0.1) is 0 Å². The molecule has 6 heteroatoms. The first kappa shape index (κ1) is 17.5. The topological polar surface area (TPSA) is 79.5 Å². The maximum atomic E-state index is 12.1. The van der Waals surface area contributed by atoms with Crippen molar-refractivity contribution in [3.05, 3.63) is 54.6 Å². The molecule has 0 atom stereocenters. The van der Waals surface area contributed by atoms with E-state index in [1.165, 1.54) is 0 Å². The molecule has 3 N–H and O–H groups in total. The highest BCUT2D eigenvalue weighted by molar-refractivity contribution is 6.04. The Morgan fingerprint density at radius 2 is 1.50 bits per heavy atom. The number of hydrogen-bond acceptors (Lipinski definition) is 3. The molecule has 6 nitrogen and oxygen atoms in total. The van der Waals surface area contributed by atoms with Gasteiger partial charge in [-0.25, -0.2) is 4.79 Å². The lowest BCUT2D eigenvalue weighted by Gasteiger charge is -2.13. The van der Waals surface area contributed by atoms with Crippen LogP contribution in [0.25, 0.3) is 0 Å². The summed E-state index contributed by atoms with van der Waals surface area (Å²) in [7, 11) is 0. The number of carbonyl (C=O) groups excluding carboxylic acids is 2. The quantitative estimate of drug-likeness (QED) is 0.678. The van der Waals surface area contributed by atoms with Crippen LogP contribution in [0.3, 0.4) is 0 Å². The Kier molecular flexibility index (Phi) is 6.79. The van der Waals surface area contributed by atoms with E-state index < -0.39 is 0 Å². The van der Waals surface area contributed by atoms with E-state index in [9.17, 15) is 9.59 Å². The minimum absolute atomic E-state index is 0.0155. The zero-order valence-electron chi connectivity index (χ0n) is 13.5. The van der Waals surface area contributed by atoms with E-state index in [-0.39, 0.29) is 18.5 Å². The van der Waals surface area contributed by atoms with Gasteiger partial charge >= 0.3 is 6.03 Å². The second-order valence-electron chi connectivity index (χ2n) is 5.09. The number of urea groups is 1. The van der Waals surface area contributed by atoms with Crippen LogP contribution in [0.15, 0.2) is 54.6 Å². The van der Waals surface area contributed by atoms with Crippen molar-refractivity contribution in [2.24, 2.45) is 0 Å². The van der Waals surface area contributed by atoms with Crippen LogP contribution >= 0.6 is 0 Å². The van der Waals surface area contributed by atoms with E-state index >= 15 is 0 Å². The van der Waals surface area contributed by atoms with Gasteiger partial charge in [-0.3, -0.25) is 4.79 Å². The Bertz CT molecular complexity index is 674. The molecule has 2 aromatic rings. The second kappa shape index (κ2) is 9.32. The fraction of sp³-hybridized carbons (Fsp3) is 0.222. The highest BCUT2D eigenvalue weighted by Gasteiger charge is 2.09. The van der Waals surface area contributed by atoms with Gasteiger partial charge in [-0.1, -0.05) is 37.3 Å². The van der Waals surface area contributed by atoms with Crippen LogP contribution in [0.5, 0.6) is 0 Å². The summed E-state index contributed by atoms with van der Waals surface area (Å²) in [6.07, 6.45) is 0.852. The standard InChI is InChI=1S/C18H21N3O3/c1-2-12-24-13-17(22)20-15-10-6-7-11-16(15)21-18(23)19-14-8-4-3-5-9-14/h3-11H,2,12-13H2,1H3,(H,20,22)(H2,19,21,23). The number of carbonyl (C=O) groups is 2. The number of amides is 3. The summed E-state index contributed by atoms with van der Waals surface area (Å²) < 4.78 is 5.21. The molecule has 126 valence electrons. The van der Waals surface area contributed by atoms with Crippen LogP contribution in [-0.2, 0) is 9.53 Å². The van der Waals surface area contributed by atoms with Gasteiger partial charge in [0.2, 0.25) is 5.91 Å². The molecule has 0 saturated carbocycles. The highest BCUT2D eigenvalue weighted by Crippen LogP contribution is 2.21. The number of anilines is 3. The predicted molar refractivity (Wildman–Crippen MR) is 95.3 cm³/mol. The minimum Gasteiger partial charge on any atom is -0.372 e. The molecule has 0 radical (unpaired) electrons. The summed E-state index contributed by atoms with van der Waals surface area (Å²) in [4.78, 5) is 23.9. The number of para-hydroxylation sites is 3. The fourth-order valence-corrected chi connectivity index (χ4v) is 2.00. The summed E-state index contributed by atoms with van der Waals surface area (Å²) >= 11 is 0. The third-order valence-electron chi connectivity index (χ3n) is 3.06. The van der Waals surface area contributed by atoms with Gasteiger partial charge in [0, 0.05) is 12.3 Å². The van der Waals surface area contributed by atoms with E-state index in [2.05, 4.69) is 16.0 Å². The molecule has 0 bridgehead atoms. The molecular formula is C18H21N3O3. The molecule has 0 heterocycles. The Morgan fingerprint density at radius 1 is 0.875 bits per heavy atom. The number of hydrogen-bond donors (Lipinski definition) is 3. The van der Waals surface area contributed by atoms with Crippen molar-refractivity contribution in [3.63, 3.8) is 0 Å². The van der Waals surface area contributed by atoms with E-state index in [1.54, 1.807) is 36.4 Å². The van der Waals surface area contributed by atoms with Gasteiger partial charge in [-0.2, -0.15) is 0 Å². The van der Waals surface area contributed by atoms with Crippen molar-refractivity contribution in [2.75, 3.05) is 29.2 Å². The Balaban J connectivity index is 1.95. The monoisotopic (exact) mass is 327 g/mol. The summed E-state index contributed by atoms with van der Waals surface area (Å²) in [6, 6.07) is 15.7. The van der Waals surface area contributed by atoms with Crippen LogP contribution in [-0.4, -0.2) is 25.2 Å². The molecular weight excluding hydrogens is 306 g/mol. The third kappa shape index (κ3) is 5.73. The molecule has 0 aliphatic rings. The predicted octanol–water partition coefficient (Wildman–Crippen LogP) is 3.70. The van der Waals surface area contributed by atoms with Crippen LogP contribution in [0, 0.1) is 0 Å². The lowest BCUT2D eigenvalue weighted by atomic mass is 10.2. The van der Waals surface area contributed by atoms with Gasteiger partial charge < -0.3 is 20.7 Å². The molecule has 0 aromatic heterocycles. The number of benzene rings is 2. The molecule has 3 amide bonds. The molecule has 0 saturated heterocycles. The fourth-order valence-electron chi connectivity index (χ4n) is 2.00. The first-order valence-electron chi connectivity index (χ1n) is 7.78. The zero-order valence-corrected chi connectivity index (χ0v) is 13.5. The van der Waals surface area contributed by atoms with Gasteiger partial charge in [0.1, 0.15) is 6.61 Å². The van der Waals surface area contributed by atoms with Crippen molar-refractivity contribution in [1.82, 2.24) is 0 Å². The van der Waals surface area contributed by atoms with Crippen molar-refractivity contribution >= 4 is 29.0 Å². The largest absolute Gasteiger partial charge is 0.372 e. The number of rotatable bonds is 7. The van der Waals surface area contributed by atoms with E-state index in [0.717, 1.165) is 6.42 Å². The molecule has 2 rings (SSSR count). The molecule has 24 heavy (non-hydrogen) atoms. The maximum absolute atomic E-state index is 12.1. The van der Waals surface area contributed by atoms with Crippen molar-refractivity contribution < 1.29 is 14.3 Å². The zero-order chi connectivity index (χ0) is 17.2. The first-order valence-corrected chi connectivity index (χ1v) is 7.78. The van der Waals surface area contributed by atoms with E-state index in [4.69, 9.17) is 4.74 Å². The van der Waals surface area contributed by atoms with E-state index in [1.807, 2.05) is 25.1 Å². The minimum atomic E-state index is -0.384. The third-order valence-corrected chi connectivity index (χ3v) is 3.06. The average molecular weight is 327 g/mol. The van der Waals surface area contributed by atoms with Crippen molar-refractivity contribution in [3.8, 4) is 0 Å². The SMILES string of the molecule is CCCOCC(=O)Nc1ccccc1NC(=O)Nc1ccccc1. The first-order chi connectivity index (χ1) is 11.7. The second-order valence-corrected chi connectivity index (χ2v) is 5.09. The average Bonchev–Trinajstić information content (AvgIpc) is 2.58. The Labute approximate surface area is 141 Å². The van der Waals surface area contributed by atoms with Crippen molar-refractivity contribution in [2.45, 2.75) is 13.3 Å². The molecule has 0 fully saturated rings. The molecule has 0 aliphatic heterocycles. The maximum Gasteiger partial charge on any atom is 0.323 e. The summed E-state index contributed by atoms with van der Waals surface area (Å²) in [5, 5.41) is 8.18. The van der Waals surface area contributed by atoms with Gasteiger partial charge in [0.25, 0.3) is 0 Å². The van der Waals surface area contributed by atoms with Crippen LogP contribution < -0.4 is 16.0 Å². The van der Waals surface area contributed by atoms with Crippen molar-refractivity contribution in [1.29, 1.82) is 0 Å². The Morgan fingerprint density at radius 3 is 2.17 bits per heavy atom. The number of nitrogens with one attached hydrogen (secondary N) is 3. The lowest BCUT2D eigenvalue weighted by Crippen LogP contribution is -2.22. The van der Waals surface area contributed by atoms with Gasteiger partial charge in [0.05, 0.1) is 11.4 Å². The normalized spacial score (nSPS) is 10.0. The Hall–Kier alpha value is -2.86. The van der Waals surface area contributed by atoms with Crippen LogP contribution in [0.1, 0.15) is 13.3 Å². The van der Waals surface area contributed by atoms with Gasteiger partial charge in [0.15, 0.2) is 0 Å². The summed E-state index contributed by atoms with van der Waals surface area (Å²) in [5.41, 5.74) is 1.71. The van der Waals surface area contributed by atoms with Gasteiger partial charge in [-0.05, 0) is 30.7 Å². The summed E-state index contributed by atoms with van der Waals surface area (Å²) in [5.74, 6) is -0.263. The molecule has 0 unspecified atom stereocenters. The van der Waals surface area contributed by atoms with E-state index in [0.29, 0.717) is 23.7 Å². The van der Waals surface area contributed by atoms with Crippen LogP contribution in [0.4, 0.5) is 21.9 Å². The highest BCUT2D eigenvalue weighted by atomic mass is 16.5. The number of ether oxygens (including phenoxy) is 1. The van der Waals surface area contributed by atoms with Crippen LogP contribution in [0.2, 0.25) is 0 Å². The summed E-state index contributed by atoms with van der Waals surface area (Å²) in [6.45, 7) is 2.49. The molecule has 0 spiro atoms. The molecule has 0 aliphatic carbocycles.